The van der Waals surface area contributed by atoms with Crippen LogP contribution in [-0.4, -0.2) is 43.5 Å². The number of guanidine groups is 1. The zero-order valence-corrected chi connectivity index (χ0v) is 14.0. The third-order valence-corrected chi connectivity index (χ3v) is 5.05. The lowest BCUT2D eigenvalue weighted by Gasteiger charge is -2.15. The molecule has 22 heavy (non-hydrogen) atoms. The van der Waals surface area contributed by atoms with Crippen LogP contribution in [-0.2, 0) is 6.54 Å². The van der Waals surface area contributed by atoms with Crippen molar-refractivity contribution in [2.24, 2.45) is 4.99 Å². The van der Waals surface area contributed by atoms with Gasteiger partial charge in [0, 0.05) is 38.0 Å². The highest BCUT2D eigenvalue weighted by molar-refractivity contribution is 8.00. The Kier molecular flexibility index (Phi) is 6.58. The van der Waals surface area contributed by atoms with Gasteiger partial charge < -0.3 is 16.0 Å². The molecule has 1 aliphatic heterocycles. The number of amides is 1. The fourth-order valence-corrected chi connectivity index (χ4v) is 3.54. The Balaban J connectivity index is 1.78. The quantitative estimate of drug-likeness (QED) is 0.570. The van der Waals surface area contributed by atoms with E-state index in [0.717, 1.165) is 18.1 Å². The monoisotopic (exact) mass is 320 g/mol. The predicted octanol–water partition coefficient (Wildman–Crippen LogP) is 1.61. The number of thioether (sulfide) groups is 1. The van der Waals surface area contributed by atoms with E-state index in [9.17, 15) is 4.79 Å². The van der Waals surface area contributed by atoms with Gasteiger partial charge in [-0.1, -0.05) is 12.1 Å². The molecule has 1 amide bonds. The SMILES string of the molecule is CN=C(NCc1ccc(C(=O)NC)cc1)NCC1CCCS1. The molecule has 5 nitrogen and oxygen atoms in total. The van der Waals surface area contributed by atoms with E-state index in [4.69, 9.17) is 0 Å². The summed E-state index contributed by atoms with van der Waals surface area (Å²) in [5, 5.41) is 9.99. The van der Waals surface area contributed by atoms with Gasteiger partial charge in [0.25, 0.3) is 5.91 Å². The molecule has 0 aliphatic carbocycles. The summed E-state index contributed by atoms with van der Waals surface area (Å²) < 4.78 is 0. The Morgan fingerprint density at radius 3 is 2.68 bits per heavy atom. The molecule has 3 N–H and O–H groups in total. The molecule has 1 aromatic carbocycles. The third-order valence-electron chi connectivity index (χ3n) is 3.65. The van der Waals surface area contributed by atoms with Gasteiger partial charge in [0.1, 0.15) is 0 Å². The van der Waals surface area contributed by atoms with Crippen LogP contribution in [0.25, 0.3) is 0 Å². The minimum Gasteiger partial charge on any atom is -0.355 e. The molecule has 1 aromatic rings. The lowest BCUT2D eigenvalue weighted by Crippen LogP contribution is -2.39. The first-order valence-corrected chi connectivity index (χ1v) is 8.65. The van der Waals surface area contributed by atoms with Gasteiger partial charge in [-0.05, 0) is 36.3 Å². The minimum absolute atomic E-state index is 0.0638. The van der Waals surface area contributed by atoms with Crippen LogP contribution in [0.5, 0.6) is 0 Å². The molecule has 1 unspecified atom stereocenters. The third kappa shape index (κ3) is 4.94. The lowest BCUT2D eigenvalue weighted by molar-refractivity contribution is 0.0963. The van der Waals surface area contributed by atoms with Crippen molar-refractivity contribution in [2.45, 2.75) is 24.6 Å². The Bertz CT molecular complexity index is 509. The highest BCUT2D eigenvalue weighted by Crippen LogP contribution is 2.25. The van der Waals surface area contributed by atoms with Crippen molar-refractivity contribution in [1.82, 2.24) is 16.0 Å². The van der Waals surface area contributed by atoms with Crippen LogP contribution in [0.15, 0.2) is 29.3 Å². The summed E-state index contributed by atoms with van der Waals surface area (Å²) in [6.45, 7) is 1.64. The van der Waals surface area contributed by atoms with Gasteiger partial charge in [-0.3, -0.25) is 9.79 Å². The Morgan fingerprint density at radius 1 is 1.32 bits per heavy atom. The average molecular weight is 320 g/mol. The van der Waals surface area contributed by atoms with Crippen LogP contribution in [0.1, 0.15) is 28.8 Å². The largest absolute Gasteiger partial charge is 0.355 e. The van der Waals surface area contributed by atoms with Crippen LogP contribution >= 0.6 is 11.8 Å². The number of nitrogens with zero attached hydrogens (tertiary/aromatic N) is 1. The molecule has 6 heteroatoms. The topological polar surface area (TPSA) is 65.5 Å². The maximum absolute atomic E-state index is 11.5. The first-order chi connectivity index (χ1) is 10.7. The van der Waals surface area contributed by atoms with E-state index < -0.39 is 0 Å². The van der Waals surface area contributed by atoms with Crippen molar-refractivity contribution in [3.05, 3.63) is 35.4 Å². The standard InChI is InChI=1S/C16H24N4OS/c1-17-15(21)13-7-5-12(6-8-13)10-19-16(18-2)20-11-14-4-3-9-22-14/h5-8,14H,3-4,9-11H2,1-2H3,(H,17,21)(H2,18,19,20). The fraction of sp³-hybridized carbons (Fsp3) is 0.500. The van der Waals surface area contributed by atoms with Crippen molar-refractivity contribution in [2.75, 3.05) is 26.4 Å². The van der Waals surface area contributed by atoms with E-state index in [1.807, 2.05) is 36.0 Å². The van der Waals surface area contributed by atoms with Gasteiger partial charge in [-0.15, -0.1) is 0 Å². The first kappa shape index (κ1) is 16.7. The van der Waals surface area contributed by atoms with E-state index in [1.165, 1.54) is 18.6 Å². The first-order valence-electron chi connectivity index (χ1n) is 7.60. The van der Waals surface area contributed by atoms with Crippen molar-refractivity contribution in [3.8, 4) is 0 Å². The highest BCUT2D eigenvalue weighted by atomic mass is 32.2. The molecular formula is C16H24N4OS. The van der Waals surface area contributed by atoms with Gasteiger partial charge in [0.2, 0.25) is 0 Å². The van der Waals surface area contributed by atoms with E-state index in [1.54, 1.807) is 14.1 Å². The smallest absolute Gasteiger partial charge is 0.251 e. The molecular weight excluding hydrogens is 296 g/mol. The van der Waals surface area contributed by atoms with Crippen molar-refractivity contribution < 1.29 is 4.79 Å². The summed E-state index contributed by atoms with van der Waals surface area (Å²) in [4.78, 5) is 15.7. The molecule has 1 saturated heterocycles. The normalized spacial score (nSPS) is 18.1. The van der Waals surface area contributed by atoms with Gasteiger partial charge >= 0.3 is 0 Å². The van der Waals surface area contributed by atoms with Gasteiger partial charge in [0.15, 0.2) is 5.96 Å². The van der Waals surface area contributed by atoms with Crippen LogP contribution < -0.4 is 16.0 Å². The zero-order chi connectivity index (χ0) is 15.8. The van der Waals surface area contributed by atoms with E-state index in [-0.39, 0.29) is 5.91 Å². The van der Waals surface area contributed by atoms with Gasteiger partial charge in [-0.2, -0.15) is 11.8 Å². The molecule has 120 valence electrons. The van der Waals surface area contributed by atoms with E-state index >= 15 is 0 Å². The highest BCUT2D eigenvalue weighted by Gasteiger charge is 2.15. The molecule has 0 spiro atoms. The number of rotatable bonds is 5. The van der Waals surface area contributed by atoms with Crippen LogP contribution in [0.2, 0.25) is 0 Å². The molecule has 1 heterocycles. The van der Waals surface area contributed by atoms with Crippen LogP contribution in [0, 0.1) is 0 Å². The van der Waals surface area contributed by atoms with Crippen molar-refractivity contribution in [1.29, 1.82) is 0 Å². The summed E-state index contributed by atoms with van der Waals surface area (Å²) in [6.07, 6.45) is 2.61. The summed E-state index contributed by atoms with van der Waals surface area (Å²) in [7, 11) is 3.42. The second-order valence-electron chi connectivity index (χ2n) is 5.22. The Labute approximate surface area is 136 Å². The molecule has 0 radical (unpaired) electrons. The average Bonchev–Trinajstić information content (AvgIpc) is 3.08. The minimum atomic E-state index is -0.0638. The van der Waals surface area contributed by atoms with Gasteiger partial charge in [0.05, 0.1) is 0 Å². The number of aliphatic imine (C=N–C) groups is 1. The van der Waals surface area contributed by atoms with Crippen molar-refractivity contribution in [3.63, 3.8) is 0 Å². The zero-order valence-electron chi connectivity index (χ0n) is 13.2. The fourth-order valence-electron chi connectivity index (χ4n) is 2.34. The Morgan fingerprint density at radius 2 is 2.09 bits per heavy atom. The summed E-state index contributed by atoms with van der Waals surface area (Å²) in [5.41, 5.74) is 1.79. The number of hydrogen-bond donors (Lipinski definition) is 3. The molecule has 1 atom stereocenters. The Hall–Kier alpha value is -1.69. The molecule has 1 fully saturated rings. The number of benzene rings is 1. The number of carbonyl (C=O) groups is 1. The predicted molar refractivity (Wildman–Crippen MR) is 93.5 cm³/mol. The van der Waals surface area contributed by atoms with Gasteiger partial charge in [-0.25, -0.2) is 0 Å². The second-order valence-corrected chi connectivity index (χ2v) is 6.63. The number of hydrogen-bond acceptors (Lipinski definition) is 3. The lowest BCUT2D eigenvalue weighted by atomic mass is 10.1. The molecule has 0 saturated carbocycles. The van der Waals surface area contributed by atoms with Crippen molar-refractivity contribution >= 4 is 23.6 Å². The maximum atomic E-state index is 11.5. The number of nitrogens with one attached hydrogen (secondary N) is 3. The molecule has 0 aromatic heterocycles. The second kappa shape index (κ2) is 8.68. The van der Waals surface area contributed by atoms with Crippen LogP contribution in [0.4, 0.5) is 0 Å². The molecule has 0 bridgehead atoms. The summed E-state index contributed by atoms with van der Waals surface area (Å²) in [5.74, 6) is 2.03. The van der Waals surface area contributed by atoms with E-state index in [2.05, 4.69) is 20.9 Å². The number of carbonyl (C=O) groups excluding carboxylic acids is 1. The molecule has 2 rings (SSSR count). The van der Waals surface area contributed by atoms with Crippen LogP contribution in [0.3, 0.4) is 0 Å². The summed E-state index contributed by atoms with van der Waals surface area (Å²) >= 11 is 2.03. The van der Waals surface area contributed by atoms with E-state index in [0.29, 0.717) is 17.4 Å². The molecule has 1 aliphatic rings. The maximum Gasteiger partial charge on any atom is 0.251 e. The summed E-state index contributed by atoms with van der Waals surface area (Å²) in [6, 6.07) is 7.58.